The second-order valence-electron chi connectivity index (χ2n) is 6.81. The molecule has 0 bridgehead atoms. The molecule has 6 nitrogen and oxygen atoms in total. The van der Waals surface area contributed by atoms with E-state index < -0.39 is 25.3 Å². The van der Waals surface area contributed by atoms with Gasteiger partial charge in [0.05, 0.1) is 11.0 Å². The van der Waals surface area contributed by atoms with Crippen LogP contribution in [0, 0.1) is 0 Å². The lowest BCUT2D eigenvalue weighted by atomic mass is 10.0. The third-order valence-corrected chi connectivity index (χ3v) is 7.23. The van der Waals surface area contributed by atoms with Crippen molar-refractivity contribution in [2.75, 3.05) is 11.3 Å². The maximum atomic E-state index is 12.3. The normalized spacial score (nSPS) is 13.5. The highest BCUT2D eigenvalue weighted by atomic mass is 32.2. The van der Waals surface area contributed by atoms with Crippen LogP contribution in [0.1, 0.15) is 37.8 Å². The molecule has 0 aromatic heterocycles. The Balaban J connectivity index is 1.98. The zero-order valence-corrected chi connectivity index (χ0v) is 17.3. The molecule has 0 aliphatic rings. The van der Waals surface area contributed by atoms with E-state index in [1.807, 2.05) is 13.0 Å². The summed E-state index contributed by atoms with van der Waals surface area (Å²) in [5, 5.41) is -0.480. The number of benzene rings is 2. The largest absolute Gasteiger partial charge is 0.283 e. The first-order valence-corrected chi connectivity index (χ1v) is 11.9. The Morgan fingerprint density at radius 2 is 1.44 bits per heavy atom. The topological polar surface area (TPSA) is 92.3 Å². The van der Waals surface area contributed by atoms with Crippen LogP contribution in [-0.2, 0) is 25.8 Å². The molecule has 0 spiro atoms. The summed E-state index contributed by atoms with van der Waals surface area (Å²) in [7, 11) is -6.81. The molecule has 0 saturated carbocycles. The Morgan fingerprint density at radius 3 is 2.00 bits per heavy atom. The molecule has 148 valence electrons. The summed E-state index contributed by atoms with van der Waals surface area (Å²) in [6, 6.07) is 15.9. The number of sulfonamides is 2. The quantitative estimate of drug-likeness (QED) is 0.664. The highest BCUT2D eigenvalue weighted by Gasteiger charge is 2.17. The van der Waals surface area contributed by atoms with E-state index in [-0.39, 0.29) is 11.7 Å². The van der Waals surface area contributed by atoms with Gasteiger partial charge >= 0.3 is 0 Å². The van der Waals surface area contributed by atoms with Crippen molar-refractivity contribution in [1.29, 1.82) is 0 Å². The lowest BCUT2D eigenvalue weighted by Gasteiger charge is -2.16. The van der Waals surface area contributed by atoms with Crippen molar-refractivity contribution in [3.63, 3.8) is 0 Å². The van der Waals surface area contributed by atoms with Gasteiger partial charge in [0.1, 0.15) is 0 Å². The minimum Gasteiger partial charge on any atom is -0.283 e. The summed E-state index contributed by atoms with van der Waals surface area (Å²) >= 11 is 0. The van der Waals surface area contributed by atoms with E-state index in [1.54, 1.807) is 62.4 Å². The first-order chi connectivity index (χ1) is 12.6. The molecule has 8 heteroatoms. The highest BCUT2D eigenvalue weighted by molar-refractivity contribution is 7.92. The summed E-state index contributed by atoms with van der Waals surface area (Å²) in [4.78, 5) is 0. The maximum absolute atomic E-state index is 12.3. The second kappa shape index (κ2) is 8.86. The Hall–Kier alpha value is -1.90. The van der Waals surface area contributed by atoms with E-state index in [9.17, 15) is 16.8 Å². The fourth-order valence-electron chi connectivity index (χ4n) is 2.41. The molecule has 0 radical (unpaired) electrons. The summed E-state index contributed by atoms with van der Waals surface area (Å²) in [5.74, 6) is -0.128. The minimum atomic E-state index is -3.50. The van der Waals surface area contributed by atoms with Crippen LogP contribution in [0.4, 0.5) is 5.69 Å². The molecule has 0 fully saturated rings. The van der Waals surface area contributed by atoms with Crippen LogP contribution < -0.4 is 9.44 Å². The van der Waals surface area contributed by atoms with Crippen molar-refractivity contribution in [1.82, 2.24) is 4.72 Å². The van der Waals surface area contributed by atoms with Crippen molar-refractivity contribution >= 4 is 25.7 Å². The SMILES string of the molecule is CC(CNS(=O)(=O)C(C)C)c1ccc(NS(=O)(=O)Cc2ccccc2)cc1. The number of hydrogen-bond donors (Lipinski definition) is 2. The monoisotopic (exact) mass is 410 g/mol. The van der Waals surface area contributed by atoms with Gasteiger partial charge in [-0.25, -0.2) is 21.6 Å². The van der Waals surface area contributed by atoms with Crippen LogP contribution in [0.15, 0.2) is 54.6 Å². The van der Waals surface area contributed by atoms with Gasteiger partial charge in [0.25, 0.3) is 0 Å². The minimum absolute atomic E-state index is 0.0338. The average Bonchev–Trinajstić information content (AvgIpc) is 2.60. The number of hydrogen-bond acceptors (Lipinski definition) is 4. The average molecular weight is 411 g/mol. The lowest BCUT2D eigenvalue weighted by Crippen LogP contribution is -2.33. The Morgan fingerprint density at radius 1 is 0.852 bits per heavy atom. The Labute approximate surface area is 162 Å². The number of nitrogens with one attached hydrogen (secondary N) is 2. The Kier molecular flexibility index (Phi) is 7.02. The third kappa shape index (κ3) is 6.64. The Bertz CT molecular complexity index is 939. The molecule has 0 aliphatic heterocycles. The molecule has 0 saturated heterocycles. The predicted molar refractivity (Wildman–Crippen MR) is 110 cm³/mol. The van der Waals surface area contributed by atoms with Crippen molar-refractivity contribution in [2.24, 2.45) is 0 Å². The van der Waals surface area contributed by atoms with Gasteiger partial charge in [-0.3, -0.25) is 4.72 Å². The van der Waals surface area contributed by atoms with Crippen LogP contribution in [-0.4, -0.2) is 28.6 Å². The summed E-state index contributed by atoms with van der Waals surface area (Å²) in [6.07, 6.45) is 0. The van der Waals surface area contributed by atoms with Gasteiger partial charge in [0, 0.05) is 12.2 Å². The van der Waals surface area contributed by atoms with Crippen molar-refractivity contribution in [3.8, 4) is 0 Å². The first kappa shape index (κ1) is 21.4. The number of rotatable bonds is 9. The van der Waals surface area contributed by atoms with Crippen LogP contribution in [0.25, 0.3) is 0 Å². The van der Waals surface area contributed by atoms with Gasteiger partial charge < -0.3 is 0 Å². The molecule has 27 heavy (non-hydrogen) atoms. The fraction of sp³-hybridized carbons (Fsp3) is 0.368. The van der Waals surface area contributed by atoms with E-state index in [4.69, 9.17) is 0 Å². The van der Waals surface area contributed by atoms with E-state index in [1.165, 1.54) is 0 Å². The maximum Gasteiger partial charge on any atom is 0.236 e. The fourth-order valence-corrected chi connectivity index (χ4v) is 4.43. The summed E-state index contributed by atoms with van der Waals surface area (Å²) in [5.41, 5.74) is 2.12. The zero-order valence-electron chi connectivity index (χ0n) is 15.7. The van der Waals surface area contributed by atoms with Gasteiger partial charge in [0.2, 0.25) is 20.0 Å². The summed E-state index contributed by atoms with van der Waals surface area (Å²) < 4.78 is 53.4. The highest BCUT2D eigenvalue weighted by Crippen LogP contribution is 2.19. The van der Waals surface area contributed by atoms with Gasteiger partial charge in [-0.2, -0.15) is 0 Å². The van der Waals surface area contributed by atoms with Crippen molar-refractivity contribution < 1.29 is 16.8 Å². The summed E-state index contributed by atoms with van der Waals surface area (Å²) in [6.45, 7) is 5.46. The van der Waals surface area contributed by atoms with Crippen molar-refractivity contribution in [2.45, 2.75) is 37.7 Å². The zero-order chi connectivity index (χ0) is 20.1. The van der Waals surface area contributed by atoms with Gasteiger partial charge in [-0.05, 0) is 43.0 Å². The van der Waals surface area contributed by atoms with Crippen LogP contribution in [0.3, 0.4) is 0 Å². The molecular weight excluding hydrogens is 384 g/mol. The van der Waals surface area contributed by atoms with Crippen LogP contribution in [0.2, 0.25) is 0 Å². The van der Waals surface area contributed by atoms with Crippen LogP contribution >= 0.6 is 0 Å². The van der Waals surface area contributed by atoms with E-state index in [0.29, 0.717) is 17.8 Å². The third-order valence-electron chi connectivity index (χ3n) is 4.16. The van der Waals surface area contributed by atoms with Crippen LogP contribution in [0.5, 0.6) is 0 Å². The van der Waals surface area contributed by atoms with Gasteiger partial charge in [-0.15, -0.1) is 0 Å². The second-order valence-corrected chi connectivity index (χ2v) is 10.9. The molecule has 0 aliphatic carbocycles. The molecule has 0 amide bonds. The first-order valence-electron chi connectivity index (χ1n) is 8.72. The van der Waals surface area contributed by atoms with E-state index in [2.05, 4.69) is 9.44 Å². The molecule has 2 N–H and O–H groups in total. The predicted octanol–water partition coefficient (Wildman–Crippen LogP) is 3.06. The molecule has 0 heterocycles. The molecule has 1 atom stereocenters. The molecule has 2 rings (SSSR count). The standard InChI is InChI=1S/C19H26N2O4S2/c1-15(2)27(24,25)20-13-16(3)18-9-11-19(12-10-18)21-26(22,23)14-17-7-5-4-6-8-17/h4-12,15-16,20-21H,13-14H2,1-3H3. The molecule has 2 aromatic rings. The van der Waals surface area contributed by atoms with E-state index >= 15 is 0 Å². The smallest absolute Gasteiger partial charge is 0.236 e. The number of anilines is 1. The molecular formula is C19H26N2O4S2. The molecule has 1 unspecified atom stereocenters. The lowest BCUT2D eigenvalue weighted by molar-refractivity contribution is 0.566. The van der Waals surface area contributed by atoms with E-state index in [0.717, 1.165) is 5.56 Å². The van der Waals surface area contributed by atoms with Gasteiger partial charge in [0.15, 0.2) is 0 Å². The van der Waals surface area contributed by atoms with Gasteiger partial charge in [-0.1, -0.05) is 49.4 Å². The van der Waals surface area contributed by atoms with Crippen molar-refractivity contribution in [3.05, 3.63) is 65.7 Å². The molecule has 2 aromatic carbocycles.